The lowest BCUT2D eigenvalue weighted by atomic mass is 9.94. The van der Waals surface area contributed by atoms with Crippen molar-refractivity contribution in [3.63, 3.8) is 0 Å². The van der Waals surface area contributed by atoms with Crippen molar-refractivity contribution in [1.82, 2.24) is 0 Å². The zero-order valence-corrected chi connectivity index (χ0v) is 7.65. The molecular weight excluding hydrogens is 160 g/mol. The van der Waals surface area contributed by atoms with Crippen LogP contribution < -0.4 is 0 Å². The highest BCUT2D eigenvalue weighted by Crippen LogP contribution is 2.33. The summed E-state index contributed by atoms with van der Waals surface area (Å²) in [6.45, 7) is 3.45. The highest BCUT2D eigenvalue weighted by molar-refractivity contribution is 4.94. The topological polar surface area (TPSA) is 58.9 Å². The summed E-state index contributed by atoms with van der Waals surface area (Å²) in [7, 11) is 1.55. The SMILES string of the molecule is CO[C@]1(C)C[C@H](O)O[C@H]1[C@H](C)O. The van der Waals surface area contributed by atoms with Crippen LogP contribution in [0.5, 0.6) is 0 Å². The average molecular weight is 176 g/mol. The van der Waals surface area contributed by atoms with Gasteiger partial charge in [-0.05, 0) is 13.8 Å². The molecule has 4 nitrogen and oxygen atoms in total. The molecule has 1 aliphatic heterocycles. The number of aliphatic hydroxyl groups is 2. The summed E-state index contributed by atoms with van der Waals surface area (Å²) in [5.41, 5.74) is -0.576. The van der Waals surface area contributed by atoms with E-state index in [4.69, 9.17) is 9.47 Å². The molecule has 1 saturated heterocycles. The average Bonchev–Trinajstić information content (AvgIpc) is 2.27. The second kappa shape index (κ2) is 3.30. The summed E-state index contributed by atoms with van der Waals surface area (Å²) < 4.78 is 10.3. The molecule has 0 unspecified atom stereocenters. The minimum absolute atomic E-state index is 0.402. The van der Waals surface area contributed by atoms with Gasteiger partial charge < -0.3 is 19.7 Å². The maximum atomic E-state index is 9.32. The fourth-order valence-corrected chi connectivity index (χ4v) is 1.65. The van der Waals surface area contributed by atoms with Gasteiger partial charge in [0.1, 0.15) is 6.10 Å². The summed E-state index contributed by atoms with van der Waals surface area (Å²) in [4.78, 5) is 0. The van der Waals surface area contributed by atoms with Crippen molar-refractivity contribution in [1.29, 1.82) is 0 Å². The molecule has 0 saturated carbocycles. The Balaban J connectivity index is 2.72. The molecule has 4 atom stereocenters. The highest BCUT2D eigenvalue weighted by atomic mass is 16.6. The molecule has 1 aliphatic rings. The van der Waals surface area contributed by atoms with Crippen molar-refractivity contribution >= 4 is 0 Å². The Morgan fingerprint density at radius 2 is 2.25 bits per heavy atom. The third-order valence-electron chi connectivity index (χ3n) is 2.39. The van der Waals surface area contributed by atoms with Crippen LogP contribution in [0.3, 0.4) is 0 Å². The van der Waals surface area contributed by atoms with Crippen LogP contribution in [-0.2, 0) is 9.47 Å². The largest absolute Gasteiger partial charge is 0.391 e. The normalized spacial score (nSPS) is 44.8. The number of aliphatic hydroxyl groups excluding tert-OH is 2. The van der Waals surface area contributed by atoms with Gasteiger partial charge in [-0.3, -0.25) is 0 Å². The lowest BCUT2D eigenvalue weighted by Crippen LogP contribution is -2.43. The van der Waals surface area contributed by atoms with Crippen molar-refractivity contribution in [2.75, 3.05) is 7.11 Å². The van der Waals surface area contributed by atoms with E-state index in [9.17, 15) is 10.2 Å². The van der Waals surface area contributed by atoms with Gasteiger partial charge in [-0.2, -0.15) is 0 Å². The van der Waals surface area contributed by atoms with E-state index in [1.165, 1.54) is 0 Å². The summed E-state index contributed by atoms with van der Waals surface area (Å²) in [6, 6.07) is 0. The quantitative estimate of drug-likeness (QED) is 0.616. The number of rotatable bonds is 2. The molecule has 2 N–H and O–H groups in total. The third kappa shape index (κ3) is 1.61. The van der Waals surface area contributed by atoms with E-state index in [0.717, 1.165) is 0 Å². The van der Waals surface area contributed by atoms with Crippen molar-refractivity contribution in [2.24, 2.45) is 0 Å². The second-order valence-corrected chi connectivity index (χ2v) is 3.47. The van der Waals surface area contributed by atoms with Crippen LogP contribution in [0.15, 0.2) is 0 Å². The van der Waals surface area contributed by atoms with Crippen molar-refractivity contribution in [3.8, 4) is 0 Å². The molecular formula is C8H16O4. The van der Waals surface area contributed by atoms with Crippen molar-refractivity contribution in [3.05, 3.63) is 0 Å². The standard InChI is InChI=1S/C8H16O4/c1-5(9)7-8(2,11-3)4-6(10)12-7/h5-7,9-10H,4H2,1-3H3/t5-,6+,7-,8+/m0/s1. The predicted molar refractivity (Wildman–Crippen MR) is 42.6 cm³/mol. The molecule has 0 spiro atoms. The fourth-order valence-electron chi connectivity index (χ4n) is 1.65. The first kappa shape index (κ1) is 9.92. The Bertz CT molecular complexity index is 159. The molecule has 72 valence electrons. The van der Waals surface area contributed by atoms with Gasteiger partial charge in [-0.25, -0.2) is 0 Å². The van der Waals surface area contributed by atoms with Gasteiger partial charge in [0.2, 0.25) is 0 Å². The van der Waals surface area contributed by atoms with Gasteiger partial charge in [0.25, 0.3) is 0 Å². The van der Waals surface area contributed by atoms with Crippen LogP contribution in [0.1, 0.15) is 20.3 Å². The molecule has 0 aromatic heterocycles. The summed E-state index contributed by atoms with van der Waals surface area (Å²) in [5, 5.41) is 18.5. The number of methoxy groups -OCH3 is 1. The van der Waals surface area contributed by atoms with E-state index in [1.54, 1.807) is 14.0 Å². The zero-order valence-electron chi connectivity index (χ0n) is 7.65. The molecule has 0 radical (unpaired) electrons. The van der Waals surface area contributed by atoms with Gasteiger partial charge in [-0.1, -0.05) is 0 Å². The molecule has 1 fully saturated rings. The molecule has 0 aromatic carbocycles. The number of hydrogen-bond donors (Lipinski definition) is 2. The maximum Gasteiger partial charge on any atom is 0.158 e. The Kier molecular flexibility index (Phi) is 2.73. The first-order valence-corrected chi connectivity index (χ1v) is 4.06. The van der Waals surface area contributed by atoms with E-state index < -0.39 is 24.1 Å². The molecule has 0 aliphatic carbocycles. The number of hydrogen-bond acceptors (Lipinski definition) is 4. The van der Waals surface area contributed by atoms with E-state index in [-0.39, 0.29) is 0 Å². The maximum absolute atomic E-state index is 9.32. The molecule has 0 aromatic rings. The fraction of sp³-hybridized carbons (Fsp3) is 1.00. The molecule has 1 heterocycles. The lowest BCUT2D eigenvalue weighted by molar-refractivity contribution is -0.143. The van der Waals surface area contributed by atoms with Gasteiger partial charge in [0, 0.05) is 13.5 Å². The first-order valence-electron chi connectivity index (χ1n) is 4.06. The van der Waals surface area contributed by atoms with E-state index >= 15 is 0 Å². The molecule has 0 bridgehead atoms. The van der Waals surface area contributed by atoms with Crippen LogP contribution >= 0.6 is 0 Å². The summed E-state index contributed by atoms with van der Waals surface area (Å²) >= 11 is 0. The molecule has 0 amide bonds. The third-order valence-corrected chi connectivity index (χ3v) is 2.39. The monoisotopic (exact) mass is 176 g/mol. The summed E-state index contributed by atoms with van der Waals surface area (Å²) in [6.07, 6.45) is -1.50. The minimum Gasteiger partial charge on any atom is -0.391 e. The van der Waals surface area contributed by atoms with Gasteiger partial charge in [-0.15, -0.1) is 0 Å². The predicted octanol–water partition coefficient (Wildman–Crippen LogP) is -0.120. The molecule has 4 heteroatoms. The van der Waals surface area contributed by atoms with Gasteiger partial charge >= 0.3 is 0 Å². The van der Waals surface area contributed by atoms with Gasteiger partial charge in [0.05, 0.1) is 11.7 Å². The smallest absolute Gasteiger partial charge is 0.158 e. The van der Waals surface area contributed by atoms with E-state index in [1.807, 2.05) is 6.92 Å². The van der Waals surface area contributed by atoms with Crippen LogP contribution in [0.25, 0.3) is 0 Å². The van der Waals surface area contributed by atoms with Crippen LogP contribution in [0.2, 0.25) is 0 Å². The molecule has 12 heavy (non-hydrogen) atoms. The van der Waals surface area contributed by atoms with Crippen LogP contribution in [0.4, 0.5) is 0 Å². The lowest BCUT2D eigenvalue weighted by Gasteiger charge is -2.29. The van der Waals surface area contributed by atoms with Crippen molar-refractivity contribution in [2.45, 2.75) is 44.4 Å². The Labute approximate surface area is 72.1 Å². The van der Waals surface area contributed by atoms with Crippen LogP contribution in [-0.4, -0.2) is 41.4 Å². The highest BCUT2D eigenvalue weighted by Gasteiger charge is 2.47. The Hall–Kier alpha value is -0.160. The number of ether oxygens (including phenoxy) is 2. The zero-order chi connectivity index (χ0) is 9.35. The van der Waals surface area contributed by atoms with Gasteiger partial charge in [0.15, 0.2) is 6.29 Å². The van der Waals surface area contributed by atoms with E-state index in [0.29, 0.717) is 6.42 Å². The molecule has 1 rings (SSSR count). The van der Waals surface area contributed by atoms with E-state index in [2.05, 4.69) is 0 Å². The van der Waals surface area contributed by atoms with Crippen LogP contribution in [0, 0.1) is 0 Å². The van der Waals surface area contributed by atoms with Crippen molar-refractivity contribution < 1.29 is 19.7 Å². The second-order valence-electron chi connectivity index (χ2n) is 3.47. The first-order chi connectivity index (χ1) is 5.49. The Morgan fingerprint density at radius 3 is 2.58 bits per heavy atom. The summed E-state index contributed by atoms with van der Waals surface area (Å²) in [5.74, 6) is 0. The Morgan fingerprint density at radius 1 is 1.67 bits per heavy atom. The minimum atomic E-state index is -0.824.